The van der Waals surface area contributed by atoms with Crippen molar-refractivity contribution in [2.24, 2.45) is 7.05 Å². The highest BCUT2D eigenvalue weighted by Gasteiger charge is 2.26. The van der Waals surface area contributed by atoms with E-state index in [9.17, 15) is 4.79 Å². The molecular formula is C12H18BrN3O. The number of amides is 1. The topological polar surface area (TPSA) is 38.1 Å². The van der Waals surface area contributed by atoms with Crippen LogP contribution < -0.4 is 0 Å². The summed E-state index contributed by atoms with van der Waals surface area (Å²) >= 11 is 3.60. The van der Waals surface area contributed by atoms with Crippen molar-refractivity contribution in [3.05, 3.63) is 17.0 Å². The third-order valence-corrected chi connectivity index (χ3v) is 4.12. The first kappa shape index (κ1) is 12.6. The van der Waals surface area contributed by atoms with Gasteiger partial charge in [0.25, 0.3) is 5.91 Å². The molecule has 0 aromatic carbocycles. The molecule has 1 saturated heterocycles. The summed E-state index contributed by atoms with van der Waals surface area (Å²) in [5.74, 6) is 0.122. The molecule has 0 bridgehead atoms. The number of halogens is 1. The van der Waals surface area contributed by atoms with Crippen LogP contribution in [0.25, 0.3) is 0 Å². The van der Waals surface area contributed by atoms with Gasteiger partial charge in [0.15, 0.2) is 0 Å². The Morgan fingerprint density at radius 1 is 1.47 bits per heavy atom. The standard InChI is InChI=1S/C12H18BrN3O/c1-8-11(9(2)15(3)14-8)12(17)16-6-4-5-10(13)7-16/h10H,4-7H2,1-3H3. The number of aromatic nitrogens is 2. The van der Waals surface area contributed by atoms with Gasteiger partial charge >= 0.3 is 0 Å². The Labute approximate surface area is 110 Å². The molecule has 0 aliphatic carbocycles. The number of carbonyl (C=O) groups excluding carboxylic acids is 1. The van der Waals surface area contributed by atoms with Crippen LogP contribution in [0, 0.1) is 13.8 Å². The molecule has 17 heavy (non-hydrogen) atoms. The molecule has 2 heterocycles. The number of rotatable bonds is 1. The molecule has 0 spiro atoms. The molecule has 0 radical (unpaired) electrons. The zero-order valence-electron chi connectivity index (χ0n) is 10.5. The van der Waals surface area contributed by atoms with Crippen molar-refractivity contribution >= 4 is 21.8 Å². The molecule has 1 aliphatic heterocycles. The molecule has 1 aliphatic rings. The predicted molar refractivity (Wildman–Crippen MR) is 70.5 cm³/mol. The third-order valence-electron chi connectivity index (χ3n) is 3.37. The number of likely N-dealkylation sites (tertiary alicyclic amines) is 1. The van der Waals surface area contributed by atoms with E-state index in [2.05, 4.69) is 21.0 Å². The van der Waals surface area contributed by atoms with Crippen LogP contribution in [0.4, 0.5) is 0 Å². The molecule has 1 aromatic rings. The fourth-order valence-electron chi connectivity index (χ4n) is 2.35. The molecule has 1 fully saturated rings. The highest BCUT2D eigenvalue weighted by atomic mass is 79.9. The van der Waals surface area contributed by atoms with Crippen LogP contribution in [-0.2, 0) is 7.05 Å². The minimum Gasteiger partial charge on any atom is -0.337 e. The quantitative estimate of drug-likeness (QED) is 0.744. The van der Waals surface area contributed by atoms with Gasteiger partial charge in [0.05, 0.1) is 11.3 Å². The Morgan fingerprint density at radius 2 is 2.18 bits per heavy atom. The highest BCUT2D eigenvalue weighted by Crippen LogP contribution is 2.21. The number of piperidine rings is 1. The van der Waals surface area contributed by atoms with E-state index >= 15 is 0 Å². The molecule has 5 heteroatoms. The van der Waals surface area contributed by atoms with Crippen molar-refractivity contribution in [2.45, 2.75) is 31.5 Å². The van der Waals surface area contributed by atoms with Crippen molar-refractivity contribution < 1.29 is 4.79 Å². The van der Waals surface area contributed by atoms with E-state index in [4.69, 9.17) is 0 Å². The summed E-state index contributed by atoms with van der Waals surface area (Å²) in [6.45, 7) is 5.50. The first-order valence-corrected chi connectivity index (χ1v) is 6.86. The van der Waals surface area contributed by atoms with E-state index in [1.54, 1.807) is 4.68 Å². The average Bonchev–Trinajstić information content (AvgIpc) is 2.52. The molecule has 0 saturated carbocycles. The second kappa shape index (κ2) is 4.80. The summed E-state index contributed by atoms with van der Waals surface area (Å²) in [5, 5.41) is 4.30. The monoisotopic (exact) mass is 299 g/mol. The lowest BCUT2D eigenvalue weighted by Gasteiger charge is -2.30. The van der Waals surface area contributed by atoms with Gasteiger partial charge in [-0.1, -0.05) is 15.9 Å². The first-order valence-electron chi connectivity index (χ1n) is 5.94. The zero-order chi connectivity index (χ0) is 12.6. The molecule has 1 unspecified atom stereocenters. The number of hydrogen-bond acceptors (Lipinski definition) is 2. The maximum Gasteiger partial charge on any atom is 0.257 e. The maximum atomic E-state index is 12.5. The lowest BCUT2D eigenvalue weighted by molar-refractivity contribution is 0.0728. The molecule has 4 nitrogen and oxygen atoms in total. The second-order valence-corrected chi connectivity index (χ2v) is 5.96. The van der Waals surface area contributed by atoms with E-state index in [1.165, 1.54) is 0 Å². The molecular weight excluding hydrogens is 282 g/mol. The van der Waals surface area contributed by atoms with E-state index in [0.29, 0.717) is 4.83 Å². The van der Waals surface area contributed by atoms with Crippen molar-refractivity contribution in [2.75, 3.05) is 13.1 Å². The van der Waals surface area contributed by atoms with Crippen LogP contribution in [0.3, 0.4) is 0 Å². The van der Waals surface area contributed by atoms with Gasteiger partial charge in [-0.3, -0.25) is 9.48 Å². The molecule has 2 rings (SSSR count). The second-order valence-electron chi connectivity index (χ2n) is 4.66. The van der Waals surface area contributed by atoms with Crippen molar-refractivity contribution in [3.63, 3.8) is 0 Å². The smallest absolute Gasteiger partial charge is 0.257 e. The van der Waals surface area contributed by atoms with E-state index in [-0.39, 0.29) is 5.91 Å². The lowest BCUT2D eigenvalue weighted by Crippen LogP contribution is -2.40. The number of nitrogens with zero attached hydrogens (tertiary/aromatic N) is 3. The van der Waals surface area contributed by atoms with Crippen molar-refractivity contribution in [1.29, 1.82) is 0 Å². The summed E-state index contributed by atoms with van der Waals surface area (Å²) in [6, 6.07) is 0. The number of alkyl halides is 1. The van der Waals surface area contributed by atoms with Gasteiger partial charge in [-0.25, -0.2) is 0 Å². The summed E-state index contributed by atoms with van der Waals surface area (Å²) in [4.78, 5) is 14.8. The molecule has 94 valence electrons. The number of carbonyl (C=O) groups is 1. The molecule has 0 N–H and O–H groups in total. The Hall–Kier alpha value is -0.840. The summed E-state index contributed by atoms with van der Waals surface area (Å²) < 4.78 is 1.78. The van der Waals surface area contributed by atoms with Crippen LogP contribution in [0.15, 0.2) is 0 Å². The Morgan fingerprint density at radius 3 is 2.71 bits per heavy atom. The van der Waals surface area contributed by atoms with Gasteiger partial charge in [-0.05, 0) is 26.7 Å². The largest absolute Gasteiger partial charge is 0.337 e. The lowest BCUT2D eigenvalue weighted by atomic mass is 10.1. The summed E-state index contributed by atoms with van der Waals surface area (Å²) in [7, 11) is 1.88. The fraction of sp³-hybridized carbons (Fsp3) is 0.667. The van der Waals surface area contributed by atoms with E-state index in [0.717, 1.165) is 42.9 Å². The average molecular weight is 300 g/mol. The Bertz CT molecular complexity index is 441. The normalized spacial score (nSPS) is 20.7. The van der Waals surface area contributed by atoms with E-state index in [1.807, 2.05) is 25.8 Å². The molecule has 1 amide bonds. The fourth-order valence-corrected chi connectivity index (χ4v) is 3.02. The minimum absolute atomic E-state index is 0.122. The van der Waals surface area contributed by atoms with Crippen LogP contribution in [0.2, 0.25) is 0 Å². The SMILES string of the molecule is Cc1nn(C)c(C)c1C(=O)N1CCCC(Br)C1. The van der Waals surface area contributed by atoms with Crippen LogP contribution in [0.5, 0.6) is 0 Å². The number of aryl methyl sites for hydroxylation is 2. The van der Waals surface area contributed by atoms with Crippen LogP contribution in [0.1, 0.15) is 34.6 Å². The minimum atomic E-state index is 0.122. The zero-order valence-corrected chi connectivity index (χ0v) is 12.1. The first-order chi connectivity index (χ1) is 8.00. The Balaban J connectivity index is 2.24. The van der Waals surface area contributed by atoms with Gasteiger partial charge in [-0.2, -0.15) is 5.10 Å². The maximum absolute atomic E-state index is 12.5. The van der Waals surface area contributed by atoms with Crippen molar-refractivity contribution in [1.82, 2.24) is 14.7 Å². The van der Waals surface area contributed by atoms with Gasteiger partial charge in [0.2, 0.25) is 0 Å². The van der Waals surface area contributed by atoms with Crippen LogP contribution in [-0.4, -0.2) is 38.5 Å². The predicted octanol–water partition coefficient (Wildman–Crippen LogP) is 2.04. The van der Waals surface area contributed by atoms with E-state index < -0.39 is 0 Å². The van der Waals surface area contributed by atoms with Crippen molar-refractivity contribution in [3.8, 4) is 0 Å². The Kier molecular flexibility index (Phi) is 3.56. The van der Waals surface area contributed by atoms with Gasteiger partial charge < -0.3 is 4.90 Å². The summed E-state index contributed by atoms with van der Waals surface area (Å²) in [6.07, 6.45) is 2.22. The highest BCUT2D eigenvalue weighted by molar-refractivity contribution is 9.09. The summed E-state index contributed by atoms with van der Waals surface area (Å²) in [5.41, 5.74) is 2.55. The number of hydrogen-bond donors (Lipinski definition) is 0. The third kappa shape index (κ3) is 2.39. The van der Waals surface area contributed by atoms with Crippen LogP contribution >= 0.6 is 15.9 Å². The van der Waals surface area contributed by atoms with Gasteiger partial charge in [0.1, 0.15) is 0 Å². The molecule has 1 aromatic heterocycles. The van der Waals surface area contributed by atoms with Gasteiger partial charge in [-0.15, -0.1) is 0 Å². The molecule has 1 atom stereocenters. The van der Waals surface area contributed by atoms with Gasteiger partial charge in [0, 0.05) is 30.7 Å².